The van der Waals surface area contributed by atoms with Crippen molar-refractivity contribution >= 4 is 27.2 Å². The van der Waals surface area contributed by atoms with Crippen LogP contribution in [-0.4, -0.2) is 10.4 Å². The van der Waals surface area contributed by atoms with Crippen molar-refractivity contribution in [2.24, 2.45) is 0 Å². The average Bonchev–Trinajstić information content (AvgIpc) is 3.04. The van der Waals surface area contributed by atoms with Crippen molar-refractivity contribution in [1.82, 2.24) is 4.57 Å². The fraction of sp³-hybridized carbons (Fsp3) is 0.188. The molecule has 0 atom stereocenters. The Labute approximate surface area is 115 Å². The van der Waals surface area contributed by atoms with Gasteiger partial charge < -0.3 is 4.57 Å². The molecular weight excluding hydrogens is 254 g/mol. The van der Waals surface area contributed by atoms with Gasteiger partial charge in [-0.3, -0.25) is 4.79 Å². The number of ketones is 1. The summed E-state index contributed by atoms with van der Waals surface area (Å²) in [5.74, 6) is 0.289. The second-order valence-electron chi connectivity index (χ2n) is 4.97. The van der Waals surface area contributed by atoms with Gasteiger partial charge in [-0.15, -0.1) is 11.3 Å². The zero-order valence-electron chi connectivity index (χ0n) is 10.4. The van der Waals surface area contributed by atoms with Crippen molar-refractivity contribution in [3.63, 3.8) is 0 Å². The maximum atomic E-state index is 11.9. The summed E-state index contributed by atoms with van der Waals surface area (Å²) < 4.78 is 3.48. The van der Waals surface area contributed by atoms with Crippen LogP contribution < -0.4 is 0 Å². The fourth-order valence-electron chi connectivity index (χ4n) is 2.87. The van der Waals surface area contributed by atoms with Crippen LogP contribution in [0.25, 0.3) is 15.8 Å². The number of aromatic nitrogens is 1. The molecule has 19 heavy (non-hydrogen) atoms. The molecule has 0 aliphatic heterocycles. The molecule has 0 unspecified atom stereocenters. The molecule has 0 N–H and O–H groups in total. The van der Waals surface area contributed by atoms with Crippen LogP contribution in [0, 0.1) is 0 Å². The average molecular weight is 267 g/mol. The third kappa shape index (κ3) is 1.65. The maximum Gasteiger partial charge on any atom is 0.164 e. The Morgan fingerprint density at radius 1 is 1.11 bits per heavy atom. The molecular formula is C16H13NOS. The van der Waals surface area contributed by atoms with Gasteiger partial charge in [0.15, 0.2) is 5.78 Å². The van der Waals surface area contributed by atoms with Gasteiger partial charge in [-0.1, -0.05) is 0 Å². The topological polar surface area (TPSA) is 22.0 Å². The van der Waals surface area contributed by atoms with E-state index >= 15 is 0 Å². The molecule has 2 aromatic heterocycles. The Hall–Kier alpha value is -1.87. The lowest BCUT2D eigenvalue weighted by Gasteiger charge is -2.15. The summed E-state index contributed by atoms with van der Waals surface area (Å²) in [5, 5.41) is 3.38. The minimum atomic E-state index is 0.289. The van der Waals surface area contributed by atoms with Crippen LogP contribution in [0.15, 0.2) is 41.9 Å². The Morgan fingerprint density at radius 3 is 3.00 bits per heavy atom. The third-order valence-corrected chi connectivity index (χ3v) is 4.72. The predicted octanol–water partition coefficient (Wildman–Crippen LogP) is 4.21. The first kappa shape index (κ1) is 11.0. The largest absolute Gasteiger partial charge is 0.320 e. The number of carbonyl (C=O) groups excluding carboxylic acids is 1. The lowest BCUT2D eigenvalue weighted by molar-refractivity contribution is 0.0972. The third-order valence-electron chi connectivity index (χ3n) is 3.82. The second-order valence-corrected chi connectivity index (χ2v) is 5.91. The monoisotopic (exact) mass is 267 g/mol. The highest BCUT2D eigenvalue weighted by Gasteiger charge is 2.20. The number of rotatable bonds is 1. The number of Topliss-reactive ketones (excluding diaryl/α,β-unsaturated/α-hetero) is 1. The van der Waals surface area contributed by atoms with Gasteiger partial charge in [-0.2, -0.15) is 0 Å². The van der Waals surface area contributed by atoms with E-state index in [4.69, 9.17) is 0 Å². The summed E-state index contributed by atoms with van der Waals surface area (Å²) in [6.07, 6.45) is 4.69. The molecule has 0 saturated heterocycles. The molecule has 0 fully saturated rings. The Kier molecular flexibility index (Phi) is 2.35. The van der Waals surface area contributed by atoms with Crippen molar-refractivity contribution in [2.45, 2.75) is 19.3 Å². The summed E-state index contributed by atoms with van der Waals surface area (Å²) in [5.41, 5.74) is 3.24. The van der Waals surface area contributed by atoms with Gasteiger partial charge in [0.2, 0.25) is 0 Å². The van der Waals surface area contributed by atoms with Gasteiger partial charge in [0.1, 0.15) is 0 Å². The number of nitrogens with zero attached hydrogens (tertiary/aromatic N) is 1. The Morgan fingerprint density at radius 2 is 2.05 bits per heavy atom. The van der Waals surface area contributed by atoms with Crippen LogP contribution in [-0.2, 0) is 6.42 Å². The van der Waals surface area contributed by atoms with Gasteiger partial charge in [0.05, 0.1) is 0 Å². The summed E-state index contributed by atoms with van der Waals surface area (Å²) in [4.78, 5) is 11.9. The van der Waals surface area contributed by atoms with E-state index in [1.54, 1.807) is 11.3 Å². The molecule has 0 spiro atoms. The van der Waals surface area contributed by atoms with Crippen LogP contribution >= 0.6 is 11.3 Å². The highest BCUT2D eigenvalue weighted by atomic mass is 32.1. The highest BCUT2D eigenvalue weighted by Crippen LogP contribution is 2.28. The molecule has 94 valence electrons. The smallest absolute Gasteiger partial charge is 0.164 e. The van der Waals surface area contributed by atoms with Crippen molar-refractivity contribution in [1.29, 1.82) is 0 Å². The first-order valence-electron chi connectivity index (χ1n) is 6.54. The molecule has 3 heteroatoms. The summed E-state index contributed by atoms with van der Waals surface area (Å²) >= 11 is 1.76. The van der Waals surface area contributed by atoms with Crippen LogP contribution in [0.2, 0.25) is 0 Å². The SMILES string of the molecule is O=C1CCCc2c1ccn2-c1ccc2sccc2c1. The standard InChI is InChI=1S/C16H13NOS/c18-15-3-1-2-14-13(15)6-8-17(14)12-4-5-16-11(10-12)7-9-19-16/h4-10H,1-3H2. The Bertz CT molecular complexity index is 781. The quantitative estimate of drug-likeness (QED) is 0.647. The molecule has 4 rings (SSSR count). The van der Waals surface area contributed by atoms with Crippen LogP contribution in [0.3, 0.4) is 0 Å². The second kappa shape index (κ2) is 4.07. The number of hydrogen-bond acceptors (Lipinski definition) is 2. The van der Waals surface area contributed by atoms with Gasteiger partial charge >= 0.3 is 0 Å². The molecule has 0 bridgehead atoms. The molecule has 3 aromatic rings. The van der Waals surface area contributed by atoms with Gasteiger partial charge in [-0.25, -0.2) is 0 Å². The Balaban J connectivity index is 1.90. The number of carbonyl (C=O) groups is 1. The van der Waals surface area contributed by atoms with E-state index in [1.165, 1.54) is 15.8 Å². The van der Waals surface area contributed by atoms with Crippen LogP contribution in [0.5, 0.6) is 0 Å². The van der Waals surface area contributed by atoms with Gasteiger partial charge in [0, 0.05) is 34.3 Å². The van der Waals surface area contributed by atoms with E-state index in [-0.39, 0.29) is 5.78 Å². The normalized spacial score (nSPS) is 14.8. The number of benzene rings is 1. The summed E-state index contributed by atoms with van der Waals surface area (Å²) in [7, 11) is 0. The lowest BCUT2D eigenvalue weighted by atomic mass is 9.97. The predicted molar refractivity (Wildman–Crippen MR) is 78.4 cm³/mol. The van der Waals surface area contributed by atoms with E-state index in [9.17, 15) is 4.79 Å². The lowest BCUT2D eigenvalue weighted by Crippen LogP contribution is -2.12. The molecule has 1 aromatic carbocycles. The minimum absolute atomic E-state index is 0.289. The number of thiophene rings is 1. The minimum Gasteiger partial charge on any atom is -0.320 e. The van der Waals surface area contributed by atoms with Crippen LogP contribution in [0.4, 0.5) is 0 Å². The maximum absolute atomic E-state index is 11.9. The first-order valence-corrected chi connectivity index (χ1v) is 7.42. The fourth-order valence-corrected chi connectivity index (χ4v) is 3.64. The zero-order valence-corrected chi connectivity index (χ0v) is 11.2. The van der Waals surface area contributed by atoms with Gasteiger partial charge in [0.25, 0.3) is 0 Å². The van der Waals surface area contributed by atoms with Crippen molar-refractivity contribution in [3.05, 3.63) is 53.2 Å². The van der Waals surface area contributed by atoms with Crippen molar-refractivity contribution < 1.29 is 4.79 Å². The van der Waals surface area contributed by atoms with E-state index < -0.39 is 0 Å². The highest BCUT2D eigenvalue weighted by molar-refractivity contribution is 7.17. The molecule has 0 radical (unpaired) electrons. The van der Waals surface area contributed by atoms with Crippen molar-refractivity contribution in [2.75, 3.05) is 0 Å². The van der Waals surface area contributed by atoms with Crippen LogP contribution in [0.1, 0.15) is 28.9 Å². The van der Waals surface area contributed by atoms with E-state index in [2.05, 4.69) is 34.2 Å². The molecule has 0 amide bonds. The van der Waals surface area contributed by atoms with E-state index in [1.807, 2.05) is 12.3 Å². The summed E-state index contributed by atoms with van der Waals surface area (Å²) in [6.45, 7) is 0. The van der Waals surface area contributed by atoms with Gasteiger partial charge in [-0.05, 0) is 53.9 Å². The summed E-state index contributed by atoms with van der Waals surface area (Å²) in [6, 6.07) is 10.6. The molecule has 1 aliphatic rings. The van der Waals surface area contributed by atoms with Crippen molar-refractivity contribution in [3.8, 4) is 5.69 Å². The van der Waals surface area contributed by atoms with E-state index in [0.29, 0.717) is 6.42 Å². The first-order chi connectivity index (χ1) is 9.33. The molecule has 0 saturated carbocycles. The molecule has 1 aliphatic carbocycles. The number of fused-ring (bicyclic) bond motifs is 2. The zero-order chi connectivity index (χ0) is 12.8. The molecule has 2 heterocycles. The number of hydrogen-bond donors (Lipinski definition) is 0. The molecule has 2 nitrogen and oxygen atoms in total. The van der Waals surface area contributed by atoms with E-state index in [0.717, 1.165) is 24.1 Å².